The lowest BCUT2D eigenvalue weighted by atomic mass is 9.96. The fraction of sp³-hybridized carbons (Fsp3) is 0.421. The van der Waals surface area contributed by atoms with Crippen molar-refractivity contribution in [3.05, 3.63) is 40.5 Å². The molecule has 0 saturated carbocycles. The zero-order chi connectivity index (χ0) is 18.8. The number of amides is 1. The monoisotopic (exact) mass is 389 g/mol. The van der Waals surface area contributed by atoms with Gasteiger partial charge < -0.3 is 18.9 Å². The average Bonchev–Trinajstić information content (AvgIpc) is 3.13. The Morgan fingerprint density at radius 2 is 2.04 bits per heavy atom. The van der Waals surface area contributed by atoms with Crippen molar-refractivity contribution in [3.63, 3.8) is 0 Å². The fourth-order valence-corrected chi connectivity index (χ4v) is 3.60. The van der Waals surface area contributed by atoms with Crippen LogP contribution in [0.5, 0.6) is 11.5 Å². The van der Waals surface area contributed by atoms with Crippen LogP contribution in [0.15, 0.2) is 22.7 Å². The molecule has 0 bridgehead atoms. The lowest BCUT2D eigenvalue weighted by Crippen LogP contribution is -2.36. The third-order valence-electron chi connectivity index (χ3n) is 4.74. The molecule has 1 amide bonds. The van der Waals surface area contributed by atoms with Crippen molar-refractivity contribution in [3.8, 4) is 11.5 Å². The number of aryl methyl sites for hydroxylation is 1. The van der Waals surface area contributed by atoms with Crippen LogP contribution in [0.2, 0.25) is 5.02 Å². The summed E-state index contributed by atoms with van der Waals surface area (Å²) in [6.07, 6.45) is 4.95. The van der Waals surface area contributed by atoms with E-state index in [0.717, 1.165) is 18.4 Å². The SMILES string of the molecule is Cc1noc(C2CCN(C(=O)/C=C/c3cc(Cl)c4c(c3)OCCO4)CC2)n1. The highest BCUT2D eigenvalue weighted by Gasteiger charge is 2.26. The highest BCUT2D eigenvalue weighted by Crippen LogP contribution is 2.38. The van der Waals surface area contributed by atoms with Crippen LogP contribution in [0.25, 0.3) is 6.08 Å². The first-order valence-corrected chi connectivity index (χ1v) is 9.34. The van der Waals surface area contributed by atoms with Gasteiger partial charge in [-0.25, -0.2) is 0 Å². The first-order valence-electron chi connectivity index (χ1n) is 8.96. The van der Waals surface area contributed by atoms with E-state index in [1.54, 1.807) is 25.1 Å². The molecule has 0 atom stereocenters. The fourth-order valence-electron chi connectivity index (χ4n) is 3.33. The number of carbonyl (C=O) groups excluding carboxylic acids is 1. The van der Waals surface area contributed by atoms with E-state index in [9.17, 15) is 4.79 Å². The van der Waals surface area contributed by atoms with E-state index in [1.165, 1.54) is 0 Å². The summed E-state index contributed by atoms with van der Waals surface area (Å²) in [6.45, 7) is 4.11. The number of carbonyl (C=O) groups is 1. The average molecular weight is 390 g/mol. The lowest BCUT2D eigenvalue weighted by molar-refractivity contribution is -0.127. The number of hydrogen-bond donors (Lipinski definition) is 0. The minimum atomic E-state index is -0.0267. The normalized spacial score (nSPS) is 17.5. The van der Waals surface area contributed by atoms with Crippen molar-refractivity contribution in [2.24, 2.45) is 0 Å². The number of benzene rings is 1. The molecular weight excluding hydrogens is 370 g/mol. The molecule has 1 aromatic heterocycles. The molecule has 0 spiro atoms. The second-order valence-corrected chi connectivity index (χ2v) is 7.05. The number of ether oxygens (including phenoxy) is 2. The van der Waals surface area contributed by atoms with Crippen molar-refractivity contribution >= 4 is 23.6 Å². The summed E-state index contributed by atoms with van der Waals surface area (Å²) in [6, 6.07) is 3.59. The largest absolute Gasteiger partial charge is 0.486 e. The maximum atomic E-state index is 12.5. The molecule has 0 N–H and O–H groups in total. The third-order valence-corrected chi connectivity index (χ3v) is 5.02. The Labute approximate surface area is 161 Å². The Kier molecular flexibility index (Phi) is 5.03. The van der Waals surface area contributed by atoms with Gasteiger partial charge in [-0.2, -0.15) is 4.98 Å². The van der Waals surface area contributed by atoms with Gasteiger partial charge >= 0.3 is 0 Å². The van der Waals surface area contributed by atoms with Crippen molar-refractivity contribution in [1.82, 2.24) is 15.0 Å². The van der Waals surface area contributed by atoms with Crippen LogP contribution >= 0.6 is 11.6 Å². The Morgan fingerprint density at radius 1 is 1.26 bits per heavy atom. The van der Waals surface area contributed by atoms with Crippen LogP contribution in [0.3, 0.4) is 0 Å². The van der Waals surface area contributed by atoms with Gasteiger partial charge in [-0.3, -0.25) is 4.79 Å². The Hall–Kier alpha value is -2.54. The molecular formula is C19H20ClN3O4. The molecule has 142 valence electrons. The minimum absolute atomic E-state index is 0.0267. The van der Waals surface area contributed by atoms with Crippen LogP contribution in [0.1, 0.15) is 36.0 Å². The first kappa shape index (κ1) is 17.9. The van der Waals surface area contributed by atoms with Crippen molar-refractivity contribution in [2.75, 3.05) is 26.3 Å². The summed E-state index contributed by atoms with van der Waals surface area (Å²) in [7, 11) is 0. The van der Waals surface area contributed by atoms with E-state index in [-0.39, 0.29) is 11.8 Å². The standard InChI is InChI=1S/C19H20ClN3O4/c1-12-21-19(27-22-12)14-4-6-23(7-5-14)17(24)3-2-13-10-15(20)18-16(11-13)25-8-9-26-18/h2-3,10-11,14H,4-9H2,1H3/b3-2+. The summed E-state index contributed by atoms with van der Waals surface area (Å²) in [5, 5.41) is 4.32. The highest BCUT2D eigenvalue weighted by molar-refractivity contribution is 6.32. The van der Waals surface area contributed by atoms with Crippen LogP contribution in [-0.2, 0) is 4.79 Å². The smallest absolute Gasteiger partial charge is 0.246 e. The van der Waals surface area contributed by atoms with Gasteiger partial charge in [-0.05, 0) is 43.5 Å². The zero-order valence-electron chi connectivity index (χ0n) is 15.0. The maximum absolute atomic E-state index is 12.5. The molecule has 0 unspecified atom stereocenters. The van der Waals surface area contributed by atoms with E-state index in [4.69, 9.17) is 25.6 Å². The molecule has 1 fully saturated rings. The summed E-state index contributed by atoms with van der Waals surface area (Å²) in [5.41, 5.74) is 0.800. The quantitative estimate of drug-likeness (QED) is 0.750. The van der Waals surface area contributed by atoms with Gasteiger partial charge in [0.05, 0.1) is 5.02 Å². The highest BCUT2D eigenvalue weighted by atomic mass is 35.5. The molecule has 7 nitrogen and oxygen atoms in total. The summed E-state index contributed by atoms with van der Waals surface area (Å²) >= 11 is 6.23. The molecule has 3 heterocycles. The predicted molar refractivity (Wildman–Crippen MR) is 99.1 cm³/mol. The van der Waals surface area contributed by atoms with E-state index >= 15 is 0 Å². The molecule has 1 aromatic carbocycles. The van der Waals surface area contributed by atoms with E-state index in [1.807, 2.05) is 11.0 Å². The first-order chi connectivity index (χ1) is 13.1. The van der Waals surface area contributed by atoms with E-state index in [2.05, 4.69) is 10.1 Å². The van der Waals surface area contributed by atoms with Crippen LogP contribution in [0.4, 0.5) is 0 Å². The summed E-state index contributed by atoms with van der Waals surface area (Å²) < 4.78 is 16.3. The summed E-state index contributed by atoms with van der Waals surface area (Å²) in [4.78, 5) is 18.6. The number of likely N-dealkylation sites (tertiary alicyclic amines) is 1. The number of nitrogens with zero attached hydrogens (tertiary/aromatic N) is 3. The molecule has 1 saturated heterocycles. The lowest BCUT2D eigenvalue weighted by Gasteiger charge is -2.29. The topological polar surface area (TPSA) is 77.7 Å². The second kappa shape index (κ2) is 7.60. The van der Waals surface area contributed by atoms with Crippen LogP contribution < -0.4 is 9.47 Å². The molecule has 2 aliphatic heterocycles. The van der Waals surface area contributed by atoms with Gasteiger partial charge in [-0.15, -0.1) is 0 Å². The van der Waals surface area contributed by atoms with Crippen LogP contribution in [0, 0.1) is 6.92 Å². The minimum Gasteiger partial charge on any atom is -0.486 e. The molecule has 2 aliphatic rings. The Bertz CT molecular complexity index is 872. The molecule has 27 heavy (non-hydrogen) atoms. The van der Waals surface area contributed by atoms with Gasteiger partial charge in [0.2, 0.25) is 11.8 Å². The molecule has 2 aromatic rings. The number of piperidine rings is 1. The van der Waals surface area contributed by atoms with Crippen molar-refractivity contribution in [1.29, 1.82) is 0 Å². The Morgan fingerprint density at radius 3 is 2.78 bits per heavy atom. The third kappa shape index (κ3) is 3.93. The number of aromatic nitrogens is 2. The van der Waals surface area contributed by atoms with E-state index < -0.39 is 0 Å². The van der Waals surface area contributed by atoms with Gasteiger partial charge in [0, 0.05) is 25.1 Å². The Balaban J connectivity index is 1.37. The van der Waals surface area contributed by atoms with Gasteiger partial charge in [0.1, 0.15) is 13.2 Å². The summed E-state index contributed by atoms with van der Waals surface area (Å²) in [5.74, 6) is 2.67. The number of halogens is 1. The van der Waals surface area contributed by atoms with Crippen molar-refractivity contribution in [2.45, 2.75) is 25.7 Å². The maximum Gasteiger partial charge on any atom is 0.246 e. The van der Waals surface area contributed by atoms with Gasteiger partial charge in [-0.1, -0.05) is 16.8 Å². The molecule has 0 aliphatic carbocycles. The van der Waals surface area contributed by atoms with E-state index in [0.29, 0.717) is 54.5 Å². The predicted octanol–water partition coefficient (Wildman–Crippen LogP) is 3.22. The molecule has 4 rings (SSSR count). The van der Waals surface area contributed by atoms with Crippen LogP contribution in [-0.4, -0.2) is 47.3 Å². The number of hydrogen-bond acceptors (Lipinski definition) is 6. The number of fused-ring (bicyclic) bond motifs is 1. The van der Waals surface area contributed by atoms with Gasteiger partial charge in [0.25, 0.3) is 0 Å². The zero-order valence-corrected chi connectivity index (χ0v) is 15.7. The molecule has 8 heteroatoms. The number of rotatable bonds is 3. The van der Waals surface area contributed by atoms with Crippen molar-refractivity contribution < 1.29 is 18.8 Å². The molecule has 0 radical (unpaired) electrons. The second-order valence-electron chi connectivity index (χ2n) is 6.64. The van der Waals surface area contributed by atoms with Gasteiger partial charge in [0.15, 0.2) is 17.3 Å².